The highest BCUT2D eigenvalue weighted by molar-refractivity contribution is 6.67. The molecular formula is C16H14BF3. The Hall–Kier alpha value is -1.97. The SMILES string of the molecule is C=Cc1ccc(Bc2cc(C(F)(F)F)ccc2C)cc1. The van der Waals surface area contributed by atoms with Gasteiger partial charge in [0.15, 0.2) is 7.28 Å². The Kier molecular flexibility index (Phi) is 4.02. The van der Waals surface area contributed by atoms with Crippen molar-refractivity contribution in [3.8, 4) is 0 Å². The maximum atomic E-state index is 12.7. The first-order valence-corrected chi connectivity index (χ1v) is 6.28. The van der Waals surface area contributed by atoms with Crippen molar-refractivity contribution in [2.45, 2.75) is 13.1 Å². The van der Waals surface area contributed by atoms with Crippen LogP contribution in [0, 0.1) is 6.92 Å². The maximum absolute atomic E-state index is 12.7. The van der Waals surface area contributed by atoms with E-state index in [0.717, 1.165) is 22.7 Å². The van der Waals surface area contributed by atoms with E-state index in [2.05, 4.69) is 6.58 Å². The van der Waals surface area contributed by atoms with Crippen LogP contribution in [0.4, 0.5) is 13.2 Å². The fraction of sp³-hybridized carbons (Fsp3) is 0.125. The fourth-order valence-electron chi connectivity index (χ4n) is 2.03. The molecular weight excluding hydrogens is 260 g/mol. The fourth-order valence-corrected chi connectivity index (χ4v) is 2.03. The lowest BCUT2D eigenvalue weighted by Crippen LogP contribution is -2.30. The van der Waals surface area contributed by atoms with Crippen LogP contribution in [-0.4, -0.2) is 7.28 Å². The van der Waals surface area contributed by atoms with Gasteiger partial charge in [0.1, 0.15) is 0 Å². The molecule has 0 radical (unpaired) electrons. The van der Waals surface area contributed by atoms with E-state index in [1.54, 1.807) is 6.08 Å². The number of hydrogen-bond donors (Lipinski definition) is 0. The van der Waals surface area contributed by atoms with E-state index in [-0.39, 0.29) is 0 Å². The molecule has 2 rings (SSSR count). The van der Waals surface area contributed by atoms with Crippen LogP contribution in [-0.2, 0) is 6.18 Å². The van der Waals surface area contributed by atoms with Gasteiger partial charge in [0.05, 0.1) is 5.56 Å². The zero-order valence-corrected chi connectivity index (χ0v) is 11.2. The molecule has 0 bridgehead atoms. The summed E-state index contributed by atoms with van der Waals surface area (Å²) in [5.74, 6) is 0. The minimum absolute atomic E-state index is 0.493. The van der Waals surface area contributed by atoms with E-state index in [0.29, 0.717) is 12.7 Å². The molecule has 0 unspecified atom stereocenters. The molecule has 0 saturated heterocycles. The van der Waals surface area contributed by atoms with Crippen molar-refractivity contribution < 1.29 is 13.2 Å². The number of benzene rings is 2. The van der Waals surface area contributed by atoms with Crippen LogP contribution in [0.25, 0.3) is 6.08 Å². The van der Waals surface area contributed by atoms with Crippen molar-refractivity contribution in [2.75, 3.05) is 0 Å². The molecule has 2 aromatic carbocycles. The minimum atomic E-state index is -4.30. The topological polar surface area (TPSA) is 0 Å². The lowest BCUT2D eigenvalue weighted by molar-refractivity contribution is -0.137. The van der Waals surface area contributed by atoms with Gasteiger partial charge in [-0.25, -0.2) is 0 Å². The average Bonchev–Trinajstić information content (AvgIpc) is 2.41. The summed E-state index contributed by atoms with van der Waals surface area (Å²) in [5.41, 5.74) is 2.95. The van der Waals surface area contributed by atoms with Crippen LogP contribution >= 0.6 is 0 Å². The second-order valence-corrected chi connectivity index (χ2v) is 4.76. The molecule has 20 heavy (non-hydrogen) atoms. The van der Waals surface area contributed by atoms with E-state index < -0.39 is 11.7 Å². The lowest BCUT2D eigenvalue weighted by atomic mass is 9.62. The monoisotopic (exact) mass is 274 g/mol. The summed E-state index contributed by atoms with van der Waals surface area (Å²) in [6.07, 6.45) is -2.56. The largest absolute Gasteiger partial charge is 0.416 e. The third-order valence-electron chi connectivity index (χ3n) is 3.29. The molecule has 0 N–H and O–H groups in total. The van der Waals surface area contributed by atoms with Crippen molar-refractivity contribution >= 4 is 24.3 Å². The van der Waals surface area contributed by atoms with Gasteiger partial charge in [0.25, 0.3) is 0 Å². The van der Waals surface area contributed by atoms with Gasteiger partial charge in [-0.3, -0.25) is 0 Å². The van der Waals surface area contributed by atoms with Crippen molar-refractivity contribution in [1.29, 1.82) is 0 Å². The summed E-state index contributed by atoms with van der Waals surface area (Å²) in [5, 5.41) is 0. The van der Waals surface area contributed by atoms with Gasteiger partial charge < -0.3 is 0 Å². The number of aryl methyl sites for hydroxylation is 1. The molecule has 0 aliphatic carbocycles. The molecule has 0 heterocycles. The maximum Gasteiger partial charge on any atom is 0.416 e. The van der Waals surface area contributed by atoms with Crippen LogP contribution < -0.4 is 10.9 Å². The first-order valence-electron chi connectivity index (χ1n) is 6.28. The quantitative estimate of drug-likeness (QED) is 0.755. The van der Waals surface area contributed by atoms with Crippen molar-refractivity contribution in [1.82, 2.24) is 0 Å². The predicted octanol–water partition coefficient (Wildman–Crippen LogP) is 3.04. The van der Waals surface area contributed by atoms with Gasteiger partial charge in [-0.15, -0.1) is 0 Å². The normalized spacial score (nSPS) is 11.2. The second-order valence-electron chi connectivity index (χ2n) is 4.76. The zero-order valence-electron chi connectivity index (χ0n) is 11.2. The van der Waals surface area contributed by atoms with E-state index in [4.69, 9.17) is 0 Å². The Bertz CT molecular complexity index is 613. The molecule has 0 aromatic heterocycles. The summed E-state index contributed by atoms with van der Waals surface area (Å²) in [7, 11) is 0.493. The number of rotatable bonds is 3. The number of hydrogen-bond acceptors (Lipinski definition) is 0. The standard InChI is InChI=1S/C16H14BF3/c1-3-12-5-8-14(9-6-12)17-15-10-13(16(18,19)20)7-4-11(15)2/h3-10,17H,1H2,2H3. The molecule has 0 aliphatic heterocycles. The summed E-state index contributed by atoms with van der Waals surface area (Å²) in [4.78, 5) is 0. The van der Waals surface area contributed by atoms with Crippen LogP contribution in [0.1, 0.15) is 16.7 Å². The summed E-state index contributed by atoms with van der Waals surface area (Å²) in [6.45, 7) is 5.50. The number of halogens is 3. The smallest absolute Gasteiger partial charge is 0.166 e. The third kappa shape index (κ3) is 3.32. The molecule has 4 heteroatoms. The molecule has 0 fully saturated rings. The third-order valence-corrected chi connectivity index (χ3v) is 3.29. The molecule has 102 valence electrons. The summed E-state index contributed by atoms with van der Waals surface area (Å²) < 4.78 is 38.2. The second kappa shape index (κ2) is 5.57. The molecule has 0 atom stereocenters. The Morgan fingerprint density at radius 1 is 1.05 bits per heavy atom. The average molecular weight is 274 g/mol. The van der Waals surface area contributed by atoms with Crippen LogP contribution in [0.2, 0.25) is 0 Å². The van der Waals surface area contributed by atoms with Crippen LogP contribution in [0.3, 0.4) is 0 Å². The highest BCUT2D eigenvalue weighted by atomic mass is 19.4. The Morgan fingerprint density at radius 3 is 2.25 bits per heavy atom. The lowest BCUT2D eigenvalue weighted by Gasteiger charge is -2.11. The molecule has 0 spiro atoms. The number of alkyl halides is 3. The van der Waals surface area contributed by atoms with Gasteiger partial charge in [-0.2, -0.15) is 13.2 Å². The molecule has 0 amide bonds. The first-order chi connectivity index (χ1) is 9.40. The highest BCUT2D eigenvalue weighted by Gasteiger charge is 2.30. The minimum Gasteiger partial charge on any atom is -0.166 e. The van der Waals surface area contributed by atoms with E-state index >= 15 is 0 Å². The van der Waals surface area contributed by atoms with E-state index in [1.807, 2.05) is 31.2 Å². The predicted molar refractivity (Wildman–Crippen MR) is 79.1 cm³/mol. The van der Waals surface area contributed by atoms with Gasteiger partial charge in [0, 0.05) is 0 Å². The first kappa shape index (κ1) is 14.4. The van der Waals surface area contributed by atoms with Crippen molar-refractivity contribution in [3.63, 3.8) is 0 Å². The highest BCUT2D eigenvalue weighted by Crippen LogP contribution is 2.28. The molecule has 0 nitrogen and oxygen atoms in total. The van der Waals surface area contributed by atoms with Crippen molar-refractivity contribution in [3.05, 3.63) is 65.7 Å². The molecule has 0 aliphatic rings. The summed E-state index contributed by atoms with van der Waals surface area (Å²) >= 11 is 0. The Labute approximate surface area is 117 Å². The molecule has 0 saturated carbocycles. The summed E-state index contributed by atoms with van der Waals surface area (Å²) in [6, 6.07) is 11.5. The van der Waals surface area contributed by atoms with Gasteiger partial charge >= 0.3 is 6.18 Å². The van der Waals surface area contributed by atoms with Crippen molar-refractivity contribution in [2.24, 2.45) is 0 Å². The van der Waals surface area contributed by atoms with Gasteiger partial charge in [-0.05, 0) is 18.6 Å². The van der Waals surface area contributed by atoms with Crippen LogP contribution in [0.15, 0.2) is 49.0 Å². The van der Waals surface area contributed by atoms with Crippen LogP contribution in [0.5, 0.6) is 0 Å². The van der Waals surface area contributed by atoms with E-state index in [1.165, 1.54) is 12.1 Å². The van der Waals surface area contributed by atoms with Gasteiger partial charge in [-0.1, -0.05) is 65.5 Å². The zero-order chi connectivity index (χ0) is 14.8. The van der Waals surface area contributed by atoms with E-state index in [9.17, 15) is 13.2 Å². The molecule has 2 aromatic rings. The Morgan fingerprint density at radius 2 is 1.70 bits per heavy atom. The Balaban J connectivity index is 2.30. The van der Waals surface area contributed by atoms with Gasteiger partial charge in [0.2, 0.25) is 0 Å².